The number of amides is 1. The van der Waals surface area contributed by atoms with Crippen LogP contribution in [0, 0.1) is 0 Å². The Kier molecular flexibility index (Phi) is 4.42. The van der Waals surface area contributed by atoms with Gasteiger partial charge in [-0.05, 0) is 25.0 Å². The maximum atomic E-state index is 12.1. The van der Waals surface area contributed by atoms with E-state index in [4.69, 9.17) is 10.2 Å². The second-order valence-corrected chi connectivity index (χ2v) is 5.10. The van der Waals surface area contributed by atoms with Gasteiger partial charge in [-0.1, -0.05) is 12.8 Å². The van der Waals surface area contributed by atoms with Gasteiger partial charge in [0.1, 0.15) is 5.76 Å². The first-order valence-electron chi connectivity index (χ1n) is 6.72. The average Bonchev–Trinajstić information content (AvgIpc) is 2.89. The lowest BCUT2D eigenvalue weighted by atomic mass is 9.90. The van der Waals surface area contributed by atoms with Crippen molar-refractivity contribution in [1.29, 1.82) is 0 Å². The van der Waals surface area contributed by atoms with Crippen molar-refractivity contribution in [3.8, 4) is 0 Å². The zero-order valence-electron chi connectivity index (χ0n) is 11.0. The molecular formula is C14H22N2O2. The van der Waals surface area contributed by atoms with E-state index in [0.717, 1.165) is 18.6 Å². The van der Waals surface area contributed by atoms with E-state index < -0.39 is 0 Å². The van der Waals surface area contributed by atoms with Crippen LogP contribution in [0.1, 0.15) is 37.9 Å². The standard InChI is InChI=1S/C14H22N2O2/c1-16(13-7-3-2-6-12(13)15)14(17)9-8-11-5-4-10-18-11/h4-5,10,12-13H,2-3,6-9,15H2,1H3. The molecule has 0 bridgehead atoms. The average molecular weight is 250 g/mol. The van der Waals surface area contributed by atoms with Crippen molar-refractivity contribution < 1.29 is 9.21 Å². The van der Waals surface area contributed by atoms with E-state index in [1.54, 1.807) is 6.26 Å². The van der Waals surface area contributed by atoms with Crippen molar-refractivity contribution in [3.63, 3.8) is 0 Å². The normalized spacial score (nSPS) is 23.9. The Labute approximate surface area is 108 Å². The largest absolute Gasteiger partial charge is 0.469 e. The smallest absolute Gasteiger partial charge is 0.223 e. The molecule has 1 heterocycles. The minimum absolute atomic E-state index is 0.135. The molecule has 2 unspecified atom stereocenters. The highest BCUT2D eigenvalue weighted by Crippen LogP contribution is 2.21. The van der Waals surface area contributed by atoms with E-state index in [2.05, 4.69) is 0 Å². The summed E-state index contributed by atoms with van der Waals surface area (Å²) in [5, 5.41) is 0. The van der Waals surface area contributed by atoms with Gasteiger partial charge in [0.05, 0.1) is 6.26 Å². The first-order chi connectivity index (χ1) is 8.68. The fourth-order valence-corrected chi connectivity index (χ4v) is 2.67. The van der Waals surface area contributed by atoms with Gasteiger partial charge < -0.3 is 15.1 Å². The number of furan rings is 1. The van der Waals surface area contributed by atoms with Crippen LogP contribution in [0.4, 0.5) is 0 Å². The minimum atomic E-state index is 0.135. The first-order valence-corrected chi connectivity index (χ1v) is 6.72. The Morgan fingerprint density at radius 1 is 1.50 bits per heavy atom. The molecule has 1 saturated carbocycles. The molecule has 1 aliphatic rings. The van der Waals surface area contributed by atoms with Crippen LogP contribution in [0.2, 0.25) is 0 Å². The molecule has 4 heteroatoms. The van der Waals surface area contributed by atoms with Crippen LogP contribution in [-0.4, -0.2) is 29.9 Å². The van der Waals surface area contributed by atoms with E-state index in [-0.39, 0.29) is 18.0 Å². The van der Waals surface area contributed by atoms with Gasteiger partial charge in [0.25, 0.3) is 0 Å². The molecule has 4 nitrogen and oxygen atoms in total. The zero-order valence-corrected chi connectivity index (χ0v) is 11.0. The number of carbonyl (C=O) groups is 1. The van der Waals surface area contributed by atoms with Crippen molar-refractivity contribution in [2.24, 2.45) is 5.73 Å². The zero-order chi connectivity index (χ0) is 13.0. The molecule has 0 aliphatic heterocycles. The quantitative estimate of drug-likeness (QED) is 0.888. The van der Waals surface area contributed by atoms with E-state index in [0.29, 0.717) is 12.8 Å². The summed E-state index contributed by atoms with van der Waals surface area (Å²) in [5.74, 6) is 1.03. The van der Waals surface area contributed by atoms with Crippen molar-refractivity contribution in [2.45, 2.75) is 50.6 Å². The molecule has 18 heavy (non-hydrogen) atoms. The SMILES string of the molecule is CN(C(=O)CCc1ccco1)C1CCCCC1N. The number of aryl methyl sites for hydroxylation is 1. The molecule has 0 radical (unpaired) electrons. The Morgan fingerprint density at radius 2 is 2.28 bits per heavy atom. The Balaban J connectivity index is 1.84. The molecule has 2 N–H and O–H groups in total. The molecule has 1 aromatic heterocycles. The summed E-state index contributed by atoms with van der Waals surface area (Å²) < 4.78 is 5.23. The van der Waals surface area contributed by atoms with Gasteiger partial charge in [-0.2, -0.15) is 0 Å². The molecule has 1 aromatic rings. The molecule has 1 aliphatic carbocycles. The van der Waals surface area contributed by atoms with Crippen LogP contribution in [-0.2, 0) is 11.2 Å². The third kappa shape index (κ3) is 3.13. The summed E-state index contributed by atoms with van der Waals surface area (Å²) in [4.78, 5) is 14.0. The van der Waals surface area contributed by atoms with Crippen molar-refractivity contribution in [1.82, 2.24) is 4.90 Å². The lowest BCUT2D eigenvalue weighted by Gasteiger charge is -2.36. The van der Waals surface area contributed by atoms with Gasteiger partial charge in [-0.25, -0.2) is 0 Å². The predicted molar refractivity (Wildman–Crippen MR) is 70.0 cm³/mol. The number of likely N-dealkylation sites (N-methyl/N-ethyl adjacent to an activating group) is 1. The van der Waals surface area contributed by atoms with Crippen molar-refractivity contribution in [2.75, 3.05) is 7.05 Å². The second kappa shape index (κ2) is 6.05. The number of nitrogens with two attached hydrogens (primary N) is 1. The monoisotopic (exact) mass is 250 g/mol. The van der Waals surface area contributed by atoms with Gasteiger partial charge in [0.2, 0.25) is 5.91 Å². The number of hydrogen-bond donors (Lipinski definition) is 1. The maximum absolute atomic E-state index is 12.1. The summed E-state index contributed by atoms with van der Waals surface area (Å²) in [6.45, 7) is 0. The lowest BCUT2D eigenvalue weighted by Crippen LogP contribution is -2.50. The Bertz CT molecular complexity index is 375. The highest BCUT2D eigenvalue weighted by molar-refractivity contribution is 5.76. The number of rotatable bonds is 4. The molecule has 1 fully saturated rings. The van der Waals surface area contributed by atoms with Crippen molar-refractivity contribution >= 4 is 5.91 Å². The second-order valence-electron chi connectivity index (χ2n) is 5.10. The molecule has 2 atom stereocenters. The highest BCUT2D eigenvalue weighted by atomic mass is 16.3. The topological polar surface area (TPSA) is 59.5 Å². The van der Waals surface area contributed by atoms with Gasteiger partial charge in [0.15, 0.2) is 0 Å². The van der Waals surface area contributed by atoms with E-state index in [9.17, 15) is 4.79 Å². The van der Waals surface area contributed by atoms with Gasteiger partial charge >= 0.3 is 0 Å². The summed E-state index contributed by atoms with van der Waals surface area (Å²) in [6, 6.07) is 4.10. The Hall–Kier alpha value is -1.29. The van der Waals surface area contributed by atoms with Gasteiger partial charge in [0, 0.05) is 32.0 Å². The van der Waals surface area contributed by atoms with Crippen LogP contribution in [0.25, 0.3) is 0 Å². The molecular weight excluding hydrogens is 228 g/mol. The molecule has 0 aromatic carbocycles. The van der Waals surface area contributed by atoms with Crippen LogP contribution < -0.4 is 5.73 Å². The summed E-state index contributed by atoms with van der Waals surface area (Å²) in [5.41, 5.74) is 6.10. The molecule has 100 valence electrons. The molecule has 0 spiro atoms. The van der Waals surface area contributed by atoms with Crippen LogP contribution in [0.3, 0.4) is 0 Å². The summed E-state index contributed by atoms with van der Waals surface area (Å²) >= 11 is 0. The van der Waals surface area contributed by atoms with Gasteiger partial charge in [-0.15, -0.1) is 0 Å². The molecule has 1 amide bonds. The summed E-state index contributed by atoms with van der Waals surface area (Å²) in [6.07, 6.45) is 7.22. The third-order valence-corrected chi connectivity index (χ3v) is 3.84. The lowest BCUT2D eigenvalue weighted by molar-refractivity contribution is -0.132. The maximum Gasteiger partial charge on any atom is 0.223 e. The van der Waals surface area contributed by atoms with E-state index in [1.165, 1.54) is 12.8 Å². The van der Waals surface area contributed by atoms with E-state index in [1.807, 2.05) is 24.1 Å². The fourth-order valence-electron chi connectivity index (χ4n) is 2.67. The molecule has 2 rings (SSSR count). The minimum Gasteiger partial charge on any atom is -0.469 e. The van der Waals surface area contributed by atoms with Crippen LogP contribution in [0.5, 0.6) is 0 Å². The van der Waals surface area contributed by atoms with Gasteiger partial charge in [-0.3, -0.25) is 4.79 Å². The first kappa shape index (κ1) is 13.1. The molecule has 0 saturated heterocycles. The van der Waals surface area contributed by atoms with Crippen molar-refractivity contribution in [3.05, 3.63) is 24.2 Å². The third-order valence-electron chi connectivity index (χ3n) is 3.84. The van der Waals surface area contributed by atoms with Crippen LogP contribution >= 0.6 is 0 Å². The highest BCUT2D eigenvalue weighted by Gasteiger charge is 2.27. The number of nitrogens with zero attached hydrogens (tertiary/aromatic N) is 1. The predicted octanol–water partition coefficient (Wildman–Crippen LogP) is 1.94. The summed E-state index contributed by atoms with van der Waals surface area (Å²) in [7, 11) is 1.88. The Morgan fingerprint density at radius 3 is 2.94 bits per heavy atom. The number of hydrogen-bond acceptors (Lipinski definition) is 3. The van der Waals surface area contributed by atoms with E-state index >= 15 is 0 Å². The van der Waals surface area contributed by atoms with Crippen LogP contribution in [0.15, 0.2) is 22.8 Å². The number of carbonyl (C=O) groups excluding carboxylic acids is 1. The fraction of sp³-hybridized carbons (Fsp3) is 0.643.